The van der Waals surface area contributed by atoms with E-state index in [4.69, 9.17) is 5.11 Å². The second-order valence-corrected chi connectivity index (χ2v) is 4.28. The third kappa shape index (κ3) is 2.45. The third-order valence-electron chi connectivity index (χ3n) is 3.45. The van der Waals surface area contributed by atoms with Crippen molar-refractivity contribution in [1.29, 1.82) is 0 Å². The lowest BCUT2D eigenvalue weighted by Gasteiger charge is -2.32. The molecule has 0 aromatic carbocycles. The van der Waals surface area contributed by atoms with Gasteiger partial charge in [0.2, 0.25) is 0 Å². The number of carboxylic acids is 1. The van der Waals surface area contributed by atoms with E-state index in [1.54, 1.807) is 0 Å². The summed E-state index contributed by atoms with van der Waals surface area (Å²) in [6.45, 7) is 4.19. The van der Waals surface area contributed by atoms with Crippen molar-refractivity contribution in [1.82, 2.24) is 0 Å². The molecule has 2 heteroatoms. The first-order valence-corrected chi connectivity index (χ1v) is 5.39. The van der Waals surface area contributed by atoms with Gasteiger partial charge < -0.3 is 5.11 Å². The Bertz CT molecular complexity index is 177. The van der Waals surface area contributed by atoms with Crippen LogP contribution in [0.3, 0.4) is 0 Å². The molecule has 3 atom stereocenters. The summed E-state index contributed by atoms with van der Waals surface area (Å²) in [6, 6.07) is 0. The summed E-state index contributed by atoms with van der Waals surface area (Å²) in [7, 11) is 0. The molecular weight excluding hydrogens is 164 g/mol. The minimum atomic E-state index is -0.596. The Labute approximate surface area is 80.3 Å². The van der Waals surface area contributed by atoms with E-state index in [9.17, 15) is 4.79 Å². The Balaban J connectivity index is 2.60. The number of hydrogen-bond acceptors (Lipinski definition) is 1. The van der Waals surface area contributed by atoms with Gasteiger partial charge in [-0.05, 0) is 24.7 Å². The van der Waals surface area contributed by atoms with Crippen molar-refractivity contribution in [2.24, 2.45) is 17.8 Å². The molecule has 0 amide bonds. The fourth-order valence-corrected chi connectivity index (χ4v) is 2.60. The van der Waals surface area contributed by atoms with Crippen molar-refractivity contribution in [2.75, 3.05) is 0 Å². The lowest BCUT2D eigenvalue weighted by molar-refractivity contribution is -0.145. The van der Waals surface area contributed by atoms with Crippen LogP contribution in [0.15, 0.2) is 0 Å². The van der Waals surface area contributed by atoms with Crippen LogP contribution in [-0.2, 0) is 4.79 Å². The first-order chi connectivity index (χ1) is 6.16. The van der Waals surface area contributed by atoms with Crippen LogP contribution in [0.4, 0.5) is 0 Å². The first kappa shape index (κ1) is 10.6. The van der Waals surface area contributed by atoms with Crippen LogP contribution in [0.5, 0.6) is 0 Å². The molecule has 1 aliphatic rings. The normalized spacial score (nSPS) is 31.2. The fourth-order valence-electron chi connectivity index (χ4n) is 2.60. The first-order valence-electron chi connectivity index (χ1n) is 5.39. The standard InChI is InChI=1S/C11H20O2/c1-3-9(11(12)13)10-7-5-4-6-8(10)2/h8-10H,3-7H2,1-2H3,(H,12,13)/t8-,9-,10+/m1/s1. The molecule has 0 unspecified atom stereocenters. The maximum absolute atomic E-state index is 11.0. The molecule has 76 valence electrons. The Kier molecular flexibility index (Phi) is 3.76. The summed E-state index contributed by atoms with van der Waals surface area (Å²) < 4.78 is 0. The lowest BCUT2D eigenvalue weighted by atomic mass is 9.72. The third-order valence-corrected chi connectivity index (χ3v) is 3.45. The van der Waals surface area contributed by atoms with E-state index in [0.29, 0.717) is 11.8 Å². The van der Waals surface area contributed by atoms with Crippen molar-refractivity contribution in [2.45, 2.75) is 46.0 Å². The van der Waals surface area contributed by atoms with Gasteiger partial charge in [0.1, 0.15) is 0 Å². The van der Waals surface area contributed by atoms with Crippen molar-refractivity contribution in [3.63, 3.8) is 0 Å². The summed E-state index contributed by atoms with van der Waals surface area (Å²) in [4.78, 5) is 11.0. The van der Waals surface area contributed by atoms with Crippen LogP contribution in [-0.4, -0.2) is 11.1 Å². The zero-order valence-electron chi connectivity index (χ0n) is 8.62. The summed E-state index contributed by atoms with van der Waals surface area (Å²) in [6.07, 6.45) is 5.62. The highest BCUT2D eigenvalue weighted by Crippen LogP contribution is 2.36. The summed E-state index contributed by atoms with van der Waals surface area (Å²) in [5, 5.41) is 9.04. The Hall–Kier alpha value is -0.530. The van der Waals surface area contributed by atoms with E-state index in [2.05, 4.69) is 6.92 Å². The highest BCUT2D eigenvalue weighted by molar-refractivity contribution is 5.70. The maximum atomic E-state index is 11.0. The highest BCUT2D eigenvalue weighted by atomic mass is 16.4. The molecule has 0 aromatic heterocycles. The lowest BCUT2D eigenvalue weighted by Crippen LogP contribution is -2.30. The van der Waals surface area contributed by atoms with Gasteiger partial charge in [-0.1, -0.05) is 33.1 Å². The molecule has 0 heterocycles. The van der Waals surface area contributed by atoms with Crippen LogP contribution in [0.25, 0.3) is 0 Å². The van der Waals surface area contributed by atoms with Gasteiger partial charge in [0.25, 0.3) is 0 Å². The largest absolute Gasteiger partial charge is 0.481 e. The quantitative estimate of drug-likeness (QED) is 0.732. The minimum Gasteiger partial charge on any atom is -0.481 e. The molecule has 0 bridgehead atoms. The topological polar surface area (TPSA) is 37.3 Å². The fraction of sp³-hybridized carbons (Fsp3) is 0.909. The van der Waals surface area contributed by atoms with E-state index in [1.165, 1.54) is 19.3 Å². The minimum absolute atomic E-state index is 0.102. The van der Waals surface area contributed by atoms with E-state index < -0.39 is 5.97 Å². The summed E-state index contributed by atoms with van der Waals surface area (Å²) >= 11 is 0. The van der Waals surface area contributed by atoms with Crippen LogP contribution in [0, 0.1) is 17.8 Å². The van der Waals surface area contributed by atoms with Crippen molar-refractivity contribution in [3.8, 4) is 0 Å². The number of carboxylic acid groups (broad SMARTS) is 1. The van der Waals surface area contributed by atoms with E-state index in [0.717, 1.165) is 12.8 Å². The molecule has 0 radical (unpaired) electrons. The van der Waals surface area contributed by atoms with Gasteiger partial charge in [-0.15, -0.1) is 0 Å². The van der Waals surface area contributed by atoms with Crippen molar-refractivity contribution < 1.29 is 9.90 Å². The van der Waals surface area contributed by atoms with Gasteiger partial charge in [0.05, 0.1) is 5.92 Å². The molecule has 1 aliphatic carbocycles. The van der Waals surface area contributed by atoms with Crippen LogP contribution < -0.4 is 0 Å². The Morgan fingerprint density at radius 3 is 2.54 bits per heavy atom. The number of aliphatic carboxylic acids is 1. The second-order valence-electron chi connectivity index (χ2n) is 4.28. The summed E-state index contributed by atoms with van der Waals surface area (Å²) in [5.41, 5.74) is 0. The highest BCUT2D eigenvalue weighted by Gasteiger charge is 2.32. The molecule has 1 saturated carbocycles. The molecule has 13 heavy (non-hydrogen) atoms. The predicted octanol–water partition coefficient (Wildman–Crippen LogP) is 2.92. The molecule has 0 aliphatic heterocycles. The molecule has 2 nitrogen and oxygen atoms in total. The number of rotatable bonds is 3. The maximum Gasteiger partial charge on any atom is 0.306 e. The smallest absolute Gasteiger partial charge is 0.306 e. The van der Waals surface area contributed by atoms with E-state index in [-0.39, 0.29) is 5.92 Å². The van der Waals surface area contributed by atoms with E-state index in [1.807, 2.05) is 6.92 Å². The van der Waals surface area contributed by atoms with Crippen molar-refractivity contribution in [3.05, 3.63) is 0 Å². The second kappa shape index (κ2) is 4.64. The molecule has 1 rings (SSSR count). The number of hydrogen-bond donors (Lipinski definition) is 1. The van der Waals surface area contributed by atoms with Gasteiger partial charge in [0, 0.05) is 0 Å². The van der Waals surface area contributed by atoms with Gasteiger partial charge in [-0.25, -0.2) is 0 Å². The van der Waals surface area contributed by atoms with Gasteiger partial charge in [-0.2, -0.15) is 0 Å². The molecule has 0 saturated heterocycles. The van der Waals surface area contributed by atoms with Gasteiger partial charge in [0.15, 0.2) is 0 Å². The predicted molar refractivity (Wildman–Crippen MR) is 52.5 cm³/mol. The van der Waals surface area contributed by atoms with Gasteiger partial charge in [-0.3, -0.25) is 4.79 Å². The van der Waals surface area contributed by atoms with E-state index >= 15 is 0 Å². The van der Waals surface area contributed by atoms with Crippen LogP contribution >= 0.6 is 0 Å². The summed E-state index contributed by atoms with van der Waals surface area (Å²) in [5.74, 6) is 0.336. The molecule has 1 N–H and O–H groups in total. The molecule has 1 fully saturated rings. The van der Waals surface area contributed by atoms with Gasteiger partial charge >= 0.3 is 5.97 Å². The Morgan fingerprint density at radius 2 is 2.08 bits per heavy atom. The molecule has 0 spiro atoms. The molecule has 0 aromatic rings. The monoisotopic (exact) mass is 184 g/mol. The SMILES string of the molecule is CC[C@@H](C(=O)O)[C@H]1CCCC[C@H]1C. The average Bonchev–Trinajstić information content (AvgIpc) is 2.09. The van der Waals surface area contributed by atoms with Crippen LogP contribution in [0.2, 0.25) is 0 Å². The number of carbonyl (C=O) groups is 1. The van der Waals surface area contributed by atoms with Crippen LogP contribution in [0.1, 0.15) is 46.0 Å². The Morgan fingerprint density at radius 1 is 1.46 bits per heavy atom. The zero-order valence-corrected chi connectivity index (χ0v) is 8.62. The van der Waals surface area contributed by atoms with Crippen molar-refractivity contribution >= 4 is 5.97 Å². The average molecular weight is 184 g/mol. The molecular formula is C11H20O2. The zero-order chi connectivity index (χ0) is 9.84.